The first-order valence-corrected chi connectivity index (χ1v) is 11.3. The van der Waals surface area contributed by atoms with Crippen molar-refractivity contribution in [1.82, 2.24) is 4.90 Å². The molecule has 0 saturated carbocycles. The normalized spacial score (nSPS) is 14.7. The van der Waals surface area contributed by atoms with Crippen molar-refractivity contribution in [2.75, 3.05) is 39.8 Å². The SMILES string of the molecule is COc1cc2c(cc1OC)C(COc1ccccc1OC)N(C(=O)Nc1cccc(Cl)c1)CC2. The largest absolute Gasteiger partial charge is 0.493 e. The van der Waals surface area contributed by atoms with Crippen LogP contribution in [-0.2, 0) is 6.42 Å². The summed E-state index contributed by atoms with van der Waals surface area (Å²) in [5.74, 6) is 2.48. The maximum Gasteiger partial charge on any atom is 0.322 e. The van der Waals surface area contributed by atoms with Crippen molar-refractivity contribution in [2.45, 2.75) is 12.5 Å². The van der Waals surface area contributed by atoms with Gasteiger partial charge in [0.05, 0.1) is 27.4 Å². The van der Waals surface area contributed by atoms with E-state index in [9.17, 15) is 4.79 Å². The number of amides is 2. The van der Waals surface area contributed by atoms with E-state index < -0.39 is 0 Å². The van der Waals surface area contributed by atoms with Crippen molar-refractivity contribution in [3.8, 4) is 23.0 Å². The molecule has 178 valence electrons. The maximum atomic E-state index is 13.3. The Kier molecular flexibility index (Phi) is 7.33. The quantitative estimate of drug-likeness (QED) is 0.476. The lowest BCUT2D eigenvalue weighted by atomic mass is 9.92. The van der Waals surface area contributed by atoms with Gasteiger partial charge in [-0.1, -0.05) is 29.8 Å². The van der Waals surface area contributed by atoms with Crippen LogP contribution >= 0.6 is 11.6 Å². The molecule has 8 heteroatoms. The second-order valence-corrected chi connectivity index (χ2v) is 8.20. The molecule has 0 aliphatic carbocycles. The first kappa shape index (κ1) is 23.6. The molecule has 0 aromatic heterocycles. The monoisotopic (exact) mass is 482 g/mol. The average Bonchev–Trinajstić information content (AvgIpc) is 2.86. The lowest BCUT2D eigenvalue weighted by Crippen LogP contribution is -2.44. The Morgan fingerprint density at radius 3 is 2.35 bits per heavy atom. The Balaban J connectivity index is 1.66. The van der Waals surface area contributed by atoms with E-state index in [0.717, 1.165) is 11.1 Å². The minimum Gasteiger partial charge on any atom is -0.493 e. The third-order valence-corrected chi connectivity index (χ3v) is 6.04. The first-order valence-electron chi connectivity index (χ1n) is 10.9. The number of hydrogen-bond acceptors (Lipinski definition) is 5. The van der Waals surface area contributed by atoms with E-state index in [1.54, 1.807) is 50.5 Å². The van der Waals surface area contributed by atoms with E-state index in [0.29, 0.717) is 46.7 Å². The number of ether oxygens (including phenoxy) is 4. The lowest BCUT2D eigenvalue weighted by molar-refractivity contribution is 0.142. The maximum absolute atomic E-state index is 13.3. The molecular weight excluding hydrogens is 456 g/mol. The van der Waals surface area contributed by atoms with E-state index in [2.05, 4.69) is 5.32 Å². The average molecular weight is 483 g/mol. The Hall–Kier alpha value is -3.58. The molecule has 3 aromatic carbocycles. The topological polar surface area (TPSA) is 69.3 Å². The van der Waals surface area contributed by atoms with Crippen LogP contribution in [0.2, 0.25) is 5.02 Å². The molecule has 7 nitrogen and oxygen atoms in total. The van der Waals surface area contributed by atoms with Gasteiger partial charge in [-0.3, -0.25) is 0 Å². The highest BCUT2D eigenvalue weighted by atomic mass is 35.5. The third-order valence-electron chi connectivity index (χ3n) is 5.81. The standard InChI is InChI=1S/C26H27ClN2O5/c1-31-22-9-4-5-10-23(22)34-16-21-20-15-25(33-3)24(32-2)13-17(20)11-12-29(21)26(30)28-19-8-6-7-18(27)14-19/h4-10,13-15,21H,11-12,16H2,1-3H3,(H,28,30). The minimum atomic E-state index is -0.368. The molecule has 1 aliphatic heterocycles. The number of anilines is 1. The molecule has 1 heterocycles. The second-order valence-electron chi connectivity index (χ2n) is 7.77. The van der Waals surface area contributed by atoms with Crippen LogP contribution in [0.15, 0.2) is 60.7 Å². The Morgan fingerprint density at radius 2 is 1.65 bits per heavy atom. The van der Waals surface area contributed by atoms with E-state index >= 15 is 0 Å². The van der Waals surface area contributed by atoms with Gasteiger partial charge in [-0.05, 0) is 60.0 Å². The van der Waals surface area contributed by atoms with Gasteiger partial charge in [-0.25, -0.2) is 4.79 Å². The fraction of sp³-hybridized carbons (Fsp3) is 0.269. The van der Waals surface area contributed by atoms with Gasteiger partial charge in [-0.2, -0.15) is 0 Å². The molecular formula is C26H27ClN2O5. The summed E-state index contributed by atoms with van der Waals surface area (Å²) in [7, 11) is 4.80. The number of nitrogens with zero attached hydrogens (tertiary/aromatic N) is 1. The molecule has 1 N–H and O–H groups in total. The number of fused-ring (bicyclic) bond motifs is 1. The number of hydrogen-bond donors (Lipinski definition) is 1. The predicted molar refractivity (Wildman–Crippen MR) is 132 cm³/mol. The molecule has 1 atom stereocenters. The summed E-state index contributed by atoms with van der Waals surface area (Å²) in [6.45, 7) is 0.737. The van der Waals surface area contributed by atoms with Crippen LogP contribution < -0.4 is 24.3 Å². The molecule has 0 saturated heterocycles. The van der Waals surface area contributed by atoms with Crippen LogP contribution in [0.3, 0.4) is 0 Å². The van der Waals surface area contributed by atoms with E-state index in [-0.39, 0.29) is 18.7 Å². The van der Waals surface area contributed by atoms with E-state index in [1.165, 1.54) is 0 Å². The van der Waals surface area contributed by atoms with Gasteiger partial charge in [0, 0.05) is 17.3 Å². The van der Waals surface area contributed by atoms with Crippen molar-refractivity contribution >= 4 is 23.3 Å². The van der Waals surface area contributed by atoms with Gasteiger partial charge in [0.25, 0.3) is 0 Å². The number of benzene rings is 3. The fourth-order valence-corrected chi connectivity index (χ4v) is 4.31. The summed E-state index contributed by atoms with van der Waals surface area (Å²) in [6.07, 6.45) is 0.670. The molecule has 0 spiro atoms. The van der Waals surface area contributed by atoms with Crippen molar-refractivity contribution in [2.24, 2.45) is 0 Å². The number of halogens is 1. The summed E-state index contributed by atoms with van der Waals surface area (Å²) >= 11 is 6.10. The highest BCUT2D eigenvalue weighted by Gasteiger charge is 2.33. The zero-order valence-electron chi connectivity index (χ0n) is 19.3. The van der Waals surface area contributed by atoms with E-state index in [1.807, 2.05) is 36.4 Å². The van der Waals surface area contributed by atoms with Crippen LogP contribution in [0.5, 0.6) is 23.0 Å². The van der Waals surface area contributed by atoms with Crippen molar-refractivity contribution in [1.29, 1.82) is 0 Å². The number of urea groups is 1. The smallest absolute Gasteiger partial charge is 0.322 e. The van der Waals surface area contributed by atoms with Crippen LogP contribution in [0.25, 0.3) is 0 Å². The van der Waals surface area contributed by atoms with Gasteiger partial charge in [0.15, 0.2) is 23.0 Å². The van der Waals surface area contributed by atoms with Crippen molar-refractivity contribution in [3.05, 3.63) is 76.8 Å². The van der Waals surface area contributed by atoms with Crippen LogP contribution in [0.4, 0.5) is 10.5 Å². The van der Waals surface area contributed by atoms with Crippen molar-refractivity contribution < 1.29 is 23.7 Å². The molecule has 2 amide bonds. The Bertz CT molecular complexity index is 1170. The first-order chi connectivity index (χ1) is 16.5. The van der Waals surface area contributed by atoms with Crippen LogP contribution in [-0.4, -0.2) is 45.4 Å². The number of para-hydroxylation sites is 2. The number of methoxy groups -OCH3 is 3. The summed E-state index contributed by atoms with van der Waals surface area (Å²) in [6, 6.07) is 17.8. The minimum absolute atomic E-state index is 0.228. The third kappa shape index (κ3) is 4.99. The summed E-state index contributed by atoms with van der Waals surface area (Å²) < 4.78 is 22.6. The Labute approximate surface area is 204 Å². The zero-order valence-corrected chi connectivity index (χ0v) is 20.1. The van der Waals surface area contributed by atoms with Gasteiger partial charge in [0.2, 0.25) is 0 Å². The molecule has 4 rings (SSSR count). The molecule has 1 aliphatic rings. The highest BCUT2D eigenvalue weighted by molar-refractivity contribution is 6.30. The van der Waals surface area contributed by atoms with Crippen LogP contribution in [0, 0.1) is 0 Å². The highest BCUT2D eigenvalue weighted by Crippen LogP contribution is 2.39. The summed E-state index contributed by atoms with van der Waals surface area (Å²) in [5, 5.41) is 3.50. The van der Waals surface area contributed by atoms with Gasteiger partial charge < -0.3 is 29.2 Å². The zero-order chi connectivity index (χ0) is 24.1. The number of carbonyl (C=O) groups excluding carboxylic acids is 1. The lowest BCUT2D eigenvalue weighted by Gasteiger charge is -2.37. The molecule has 0 fully saturated rings. The predicted octanol–water partition coefficient (Wildman–Crippen LogP) is 5.58. The molecule has 1 unspecified atom stereocenters. The molecule has 34 heavy (non-hydrogen) atoms. The Morgan fingerprint density at radius 1 is 0.941 bits per heavy atom. The fourth-order valence-electron chi connectivity index (χ4n) is 4.12. The van der Waals surface area contributed by atoms with Gasteiger partial charge in [0.1, 0.15) is 6.61 Å². The van der Waals surface area contributed by atoms with Crippen LogP contribution in [0.1, 0.15) is 17.2 Å². The molecule has 0 bridgehead atoms. The van der Waals surface area contributed by atoms with Gasteiger partial charge in [-0.15, -0.1) is 0 Å². The van der Waals surface area contributed by atoms with Crippen molar-refractivity contribution in [3.63, 3.8) is 0 Å². The molecule has 0 radical (unpaired) electrons. The second kappa shape index (κ2) is 10.6. The number of nitrogens with one attached hydrogen (secondary N) is 1. The van der Waals surface area contributed by atoms with Gasteiger partial charge >= 0.3 is 6.03 Å². The summed E-state index contributed by atoms with van der Waals surface area (Å²) in [5.41, 5.74) is 2.65. The molecule has 3 aromatic rings. The number of rotatable bonds is 7. The summed E-state index contributed by atoms with van der Waals surface area (Å²) in [4.78, 5) is 15.1. The van der Waals surface area contributed by atoms with E-state index in [4.69, 9.17) is 30.5 Å². The number of carbonyl (C=O) groups is 1.